The van der Waals surface area contributed by atoms with Crippen molar-refractivity contribution in [2.24, 2.45) is 0 Å². The molecule has 0 aliphatic heterocycles. The van der Waals surface area contributed by atoms with Gasteiger partial charge < -0.3 is 4.57 Å². The van der Waals surface area contributed by atoms with Crippen molar-refractivity contribution in [3.8, 4) is 5.69 Å². The molecule has 5 heteroatoms. The van der Waals surface area contributed by atoms with E-state index in [2.05, 4.69) is 4.98 Å². The Morgan fingerprint density at radius 1 is 0.750 bits per heavy atom. The van der Waals surface area contributed by atoms with Crippen molar-refractivity contribution in [3.63, 3.8) is 0 Å². The topological polar surface area (TPSA) is 52.0 Å². The van der Waals surface area contributed by atoms with Gasteiger partial charge in [0.1, 0.15) is 0 Å². The molecule has 118 valence electrons. The molecule has 0 amide bonds. The Morgan fingerprint density at radius 2 is 1.38 bits per heavy atom. The van der Waals surface area contributed by atoms with E-state index in [1.54, 1.807) is 42.6 Å². The number of pyridine rings is 1. The SMILES string of the molecule is O=S(=O)(c1ccccc1)c1ncc(-n2cccc2)c2ccccc12. The van der Waals surface area contributed by atoms with Crippen LogP contribution in [0.25, 0.3) is 16.5 Å². The Bertz CT molecular complexity index is 1100. The average molecular weight is 334 g/mol. The van der Waals surface area contributed by atoms with Crippen LogP contribution in [0.4, 0.5) is 0 Å². The van der Waals surface area contributed by atoms with Crippen molar-refractivity contribution in [1.82, 2.24) is 9.55 Å². The van der Waals surface area contributed by atoms with Gasteiger partial charge in [-0.3, -0.25) is 0 Å². The van der Waals surface area contributed by atoms with Gasteiger partial charge in [0.2, 0.25) is 9.84 Å². The summed E-state index contributed by atoms with van der Waals surface area (Å²) in [5, 5.41) is 1.55. The maximum absolute atomic E-state index is 13.0. The van der Waals surface area contributed by atoms with Crippen LogP contribution < -0.4 is 0 Å². The predicted octanol–water partition coefficient (Wildman–Crippen LogP) is 3.86. The van der Waals surface area contributed by atoms with Gasteiger partial charge in [-0.05, 0) is 24.3 Å². The summed E-state index contributed by atoms with van der Waals surface area (Å²) in [4.78, 5) is 4.55. The molecule has 2 aromatic heterocycles. The van der Waals surface area contributed by atoms with Gasteiger partial charge >= 0.3 is 0 Å². The highest BCUT2D eigenvalue weighted by molar-refractivity contribution is 7.91. The lowest BCUT2D eigenvalue weighted by Crippen LogP contribution is -2.06. The normalized spacial score (nSPS) is 11.7. The van der Waals surface area contributed by atoms with Crippen molar-refractivity contribution >= 4 is 20.6 Å². The third-order valence-corrected chi connectivity index (χ3v) is 5.66. The minimum atomic E-state index is -3.67. The van der Waals surface area contributed by atoms with Gasteiger partial charge in [0.25, 0.3) is 0 Å². The van der Waals surface area contributed by atoms with Gasteiger partial charge in [-0.2, -0.15) is 0 Å². The number of hydrogen-bond acceptors (Lipinski definition) is 3. The lowest BCUT2D eigenvalue weighted by molar-refractivity contribution is 0.593. The lowest BCUT2D eigenvalue weighted by atomic mass is 10.1. The first-order valence-corrected chi connectivity index (χ1v) is 8.97. The smallest absolute Gasteiger partial charge is 0.224 e. The Labute approximate surface area is 139 Å². The first-order chi connectivity index (χ1) is 11.7. The molecule has 4 nitrogen and oxygen atoms in total. The first-order valence-electron chi connectivity index (χ1n) is 7.49. The summed E-state index contributed by atoms with van der Waals surface area (Å²) in [6.45, 7) is 0. The van der Waals surface area contributed by atoms with E-state index in [4.69, 9.17) is 0 Å². The number of aromatic nitrogens is 2. The molecule has 0 radical (unpaired) electrons. The number of rotatable bonds is 3. The number of sulfone groups is 1. The average Bonchev–Trinajstić information content (AvgIpc) is 3.16. The third-order valence-electron chi connectivity index (χ3n) is 3.93. The van der Waals surface area contributed by atoms with Gasteiger partial charge in [0.05, 0.1) is 16.8 Å². The summed E-state index contributed by atoms with van der Waals surface area (Å²) in [7, 11) is -3.67. The minimum absolute atomic E-state index is 0.0835. The quantitative estimate of drug-likeness (QED) is 0.572. The lowest BCUT2D eigenvalue weighted by Gasteiger charge is -2.12. The van der Waals surface area contributed by atoms with E-state index in [-0.39, 0.29) is 9.92 Å². The van der Waals surface area contributed by atoms with Crippen LogP contribution in [0, 0.1) is 0 Å². The van der Waals surface area contributed by atoms with E-state index < -0.39 is 9.84 Å². The standard InChI is InChI=1S/C19H14N2O2S/c22-24(23,15-8-2-1-3-9-15)19-17-11-5-4-10-16(17)18(14-20-19)21-12-6-7-13-21/h1-14H. The molecule has 4 aromatic rings. The molecule has 0 aliphatic rings. The van der Waals surface area contributed by atoms with Gasteiger partial charge in [-0.15, -0.1) is 0 Å². The highest BCUT2D eigenvalue weighted by atomic mass is 32.2. The zero-order chi connectivity index (χ0) is 16.6. The maximum Gasteiger partial charge on any atom is 0.224 e. The summed E-state index contributed by atoms with van der Waals surface area (Å²) >= 11 is 0. The molecule has 24 heavy (non-hydrogen) atoms. The number of hydrogen-bond donors (Lipinski definition) is 0. The molecular formula is C19H14N2O2S. The summed E-state index contributed by atoms with van der Waals surface area (Å²) in [5.74, 6) is 0. The molecule has 0 atom stereocenters. The van der Waals surface area contributed by atoms with E-state index in [9.17, 15) is 8.42 Å². The summed E-state index contributed by atoms with van der Waals surface area (Å²) in [6, 6.07) is 19.7. The first kappa shape index (κ1) is 14.7. The van der Waals surface area contributed by atoms with E-state index in [0.29, 0.717) is 5.39 Å². The fraction of sp³-hybridized carbons (Fsp3) is 0. The van der Waals surface area contributed by atoms with Crippen LogP contribution in [0.5, 0.6) is 0 Å². The second kappa shape index (κ2) is 5.62. The van der Waals surface area contributed by atoms with Gasteiger partial charge in [0.15, 0.2) is 5.03 Å². The van der Waals surface area contributed by atoms with E-state index in [1.165, 1.54) is 0 Å². The molecule has 0 aliphatic carbocycles. The van der Waals surface area contributed by atoms with Crippen LogP contribution in [0.15, 0.2) is 95.2 Å². The molecule has 0 N–H and O–H groups in total. The van der Waals surface area contributed by atoms with E-state index >= 15 is 0 Å². The molecule has 0 bridgehead atoms. The molecular weight excluding hydrogens is 320 g/mol. The maximum atomic E-state index is 13.0. The van der Waals surface area contributed by atoms with Crippen LogP contribution in [0.1, 0.15) is 0 Å². The summed E-state index contributed by atoms with van der Waals surface area (Å²) in [5.41, 5.74) is 0.850. The second-order valence-corrected chi connectivity index (χ2v) is 7.27. The zero-order valence-corrected chi connectivity index (χ0v) is 13.5. The Kier molecular flexibility index (Phi) is 3.43. The second-order valence-electron chi connectivity index (χ2n) is 5.40. The van der Waals surface area contributed by atoms with Crippen molar-refractivity contribution in [1.29, 1.82) is 0 Å². The van der Waals surface area contributed by atoms with Gasteiger partial charge in [0, 0.05) is 23.2 Å². The number of fused-ring (bicyclic) bond motifs is 1. The van der Waals surface area contributed by atoms with E-state index in [0.717, 1.165) is 11.1 Å². The molecule has 0 unspecified atom stereocenters. The van der Waals surface area contributed by atoms with Crippen molar-refractivity contribution in [2.75, 3.05) is 0 Å². The Hall–Kier alpha value is -2.92. The van der Waals surface area contributed by atoms with Crippen LogP contribution in [-0.4, -0.2) is 18.0 Å². The Morgan fingerprint density at radius 3 is 2.08 bits per heavy atom. The van der Waals surface area contributed by atoms with Gasteiger partial charge in [-0.1, -0.05) is 42.5 Å². The van der Waals surface area contributed by atoms with E-state index in [1.807, 2.05) is 47.3 Å². The zero-order valence-electron chi connectivity index (χ0n) is 12.7. The molecule has 0 fully saturated rings. The van der Waals surface area contributed by atoms with Crippen LogP contribution in [-0.2, 0) is 9.84 Å². The molecule has 2 heterocycles. The molecule has 2 aromatic carbocycles. The summed E-state index contributed by atoms with van der Waals surface area (Å²) in [6.07, 6.45) is 5.43. The molecule has 0 spiro atoms. The van der Waals surface area contributed by atoms with Gasteiger partial charge in [-0.25, -0.2) is 13.4 Å². The fourth-order valence-corrected chi connectivity index (χ4v) is 4.18. The van der Waals surface area contributed by atoms with Crippen LogP contribution in [0.3, 0.4) is 0 Å². The fourth-order valence-electron chi connectivity index (χ4n) is 2.78. The number of nitrogens with zero attached hydrogens (tertiary/aromatic N) is 2. The molecule has 0 saturated heterocycles. The highest BCUT2D eigenvalue weighted by Crippen LogP contribution is 2.29. The largest absolute Gasteiger partial charge is 0.322 e. The molecule has 0 saturated carbocycles. The van der Waals surface area contributed by atoms with Crippen LogP contribution >= 0.6 is 0 Å². The Balaban J connectivity index is 2.01. The summed E-state index contributed by atoms with van der Waals surface area (Å²) < 4.78 is 27.9. The van der Waals surface area contributed by atoms with Crippen molar-refractivity contribution in [3.05, 3.63) is 85.3 Å². The monoisotopic (exact) mass is 334 g/mol. The van der Waals surface area contributed by atoms with Crippen LogP contribution in [0.2, 0.25) is 0 Å². The minimum Gasteiger partial charge on any atom is -0.322 e. The molecule has 4 rings (SSSR count). The third kappa shape index (κ3) is 2.30. The number of benzene rings is 2. The highest BCUT2D eigenvalue weighted by Gasteiger charge is 2.22. The predicted molar refractivity (Wildman–Crippen MR) is 93.0 cm³/mol. The van der Waals surface area contributed by atoms with Crippen molar-refractivity contribution < 1.29 is 8.42 Å². The van der Waals surface area contributed by atoms with Crippen molar-refractivity contribution in [2.45, 2.75) is 9.92 Å².